The molecule has 0 radical (unpaired) electrons. The first-order valence-electron chi connectivity index (χ1n) is 10.6. The fourth-order valence-corrected chi connectivity index (χ4v) is 3.79. The molecule has 7 nitrogen and oxygen atoms in total. The molecular weight excluding hydrogens is 414 g/mol. The molecule has 0 unspecified atom stereocenters. The quantitative estimate of drug-likeness (QED) is 0.471. The molecule has 0 aliphatic carbocycles. The van der Waals surface area contributed by atoms with Crippen LogP contribution in [-0.2, 0) is 4.79 Å². The summed E-state index contributed by atoms with van der Waals surface area (Å²) in [5, 5.41) is 10.2. The van der Waals surface area contributed by atoms with Gasteiger partial charge in [0, 0.05) is 29.8 Å². The minimum Gasteiger partial charge on any atom is -0.343 e. The first-order chi connectivity index (χ1) is 15.9. The fourth-order valence-electron chi connectivity index (χ4n) is 3.79. The standard InChI is InChI=1S/C26H25N5O2/c1-17-12-18(2)24(19(3)13-17)29-23(32)15-28-26(33)22-16-31(21-9-5-4-6-10-21)30-25(22)20-8-7-11-27-14-20/h4-14,16H,15H2,1-3H3,(H,28,33)(H,29,32). The first-order valence-corrected chi connectivity index (χ1v) is 10.6. The van der Waals surface area contributed by atoms with Crippen molar-refractivity contribution < 1.29 is 9.59 Å². The Morgan fingerprint density at radius 1 is 0.970 bits per heavy atom. The lowest BCUT2D eigenvalue weighted by atomic mass is 10.1. The number of hydrogen-bond donors (Lipinski definition) is 2. The summed E-state index contributed by atoms with van der Waals surface area (Å²) < 4.78 is 1.65. The number of carbonyl (C=O) groups is 2. The smallest absolute Gasteiger partial charge is 0.255 e. The summed E-state index contributed by atoms with van der Waals surface area (Å²) in [6.45, 7) is 5.76. The van der Waals surface area contributed by atoms with Gasteiger partial charge < -0.3 is 10.6 Å². The predicted octanol–water partition coefficient (Wildman–Crippen LogP) is 4.23. The highest BCUT2D eigenvalue weighted by Crippen LogP contribution is 2.24. The van der Waals surface area contributed by atoms with E-state index in [1.165, 1.54) is 0 Å². The summed E-state index contributed by atoms with van der Waals surface area (Å²) in [7, 11) is 0. The monoisotopic (exact) mass is 439 g/mol. The van der Waals surface area contributed by atoms with Crippen molar-refractivity contribution >= 4 is 17.5 Å². The third kappa shape index (κ3) is 4.98. The van der Waals surface area contributed by atoms with Crippen LogP contribution in [0.15, 0.2) is 73.2 Å². The minimum atomic E-state index is -0.386. The molecule has 0 saturated heterocycles. The molecule has 4 rings (SSSR count). The summed E-state index contributed by atoms with van der Waals surface area (Å²) in [6.07, 6.45) is 4.99. The molecule has 33 heavy (non-hydrogen) atoms. The average molecular weight is 440 g/mol. The van der Waals surface area contributed by atoms with Crippen LogP contribution in [0.5, 0.6) is 0 Å². The zero-order valence-corrected chi connectivity index (χ0v) is 18.8. The second kappa shape index (κ2) is 9.48. The molecule has 7 heteroatoms. The Balaban J connectivity index is 1.54. The van der Waals surface area contributed by atoms with Gasteiger partial charge in [-0.2, -0.15) is 5.10 Å². The van der Waals surface area contributed by atoms with Gasteiger partial charge in [-0.15, -0.1) is 0 Å². The molecule has 0 atom stereocenters. The highest BCUT2D eigenvalue weighted by Gasteiger charge is 2.19. The van der Waals surface area contributed by atoms with Crippen molar-refractivity contribution in [3.63, 3.8) is 0 Å². The Hall–Kier alpha value is -4.26. The molecule has 2 aromatic carbocycles. The van der Waals surface area contributed by atoms with E-state index in [0.717, 1.165) is 28.1 Å². The van der Waals surface area contributed by atoms with Crippen molar-refractivity contribution in [3.8, 4) is 16.9 Å². The molecule has 0 bridgehead atoms. The zero-order chi connectivity index (χ0) is 23.4. The fraction of sp³-hybridized carbons (Fsp3) is 0.154. The van der Waals surface area contributed by atoms with Crippen LogP contribution in [0.4, 0.5) is 5.69 Å². The Kier molecular flexibility index (Phi) is 6.31. The number of amides is 2. The van der Waals surface area contributed by atoms with E-state index in [1.54, 1.807) is 29.3 Å². The number of carbonyl (C=O) groups excluding carboxylic acids is 2. The second-order valence-electron chi connectivity index (χ2n) is 7.92. The third-order valence-corrected chi connectivity index (χ3v) is 5.27. The summed E-state index contributed by atoms with van der Waals surface area (Å²) >= 11 is 0. The van der Waals surface area contributed by atoms with Gasteiger partial charge in [-0.3, -0.25) is 14.6 Å². The van der Waals surface area contributed by atoms with Crippen LogP contribution < -0.4 is 10.6 Å². The van der Waals surface area contributed by atoms with Crippen LogP contribution in [-0.4, -0.2) is 33.1 Å². The van der Waals surface area contributed by atoms with Gasteiger partial charge in [0.25, 0.3) is 5.91 Å². The van der Waals surface area contributed by atoms with Crippen molar-refractivity contribution in [2.75, 3.05) is 11.9 Å². The van der Waals surface area contributed by atoms with Crippen LogP contribution in [0.2, 0.25) is 0 Å². The lowest BCUT2D eigenvalue weighted by Gasteiger charge is -2.13. The van der Waals surface area contributed by atoms with Gasteiger partial charge in [-0.05, 0) is 56.2 Å². The summed E-state index contributed by atoms with van der Waals surface area (Å²) in [5.41, 5.74) is 6.27. The Labute approximate surface area is 192 Å². The van der Waals surface area contributed by atoms with Gasteiger partial charge >= 0.3 is 0 Å². The summed E-state index contributed by atoms with van der Waals surface area (Å²) in [5.74, 6) is -0.680. The van der Waals surface area contributed by atoms with Gasteiger partial charge in [-0.25, -0.2) is 4.68 Å². The maximum absolute atomic E-state index is 13.1. The Morgan fingerprint density at radius 3 is 2.36 bits per heavy atom. The van der Waals surface area contributed by atoms with Gasteiger partial charge in [0.05, 0.1) is 17.8 Å². The predicted molar refractivity (Wildman–Crippen MR) is 128 cm³/mol. The van der Waals surface area contributed by atoms with Crippen molar-refractivity contribution in [1.29, 1.82) is 0 Å². The third-order valence-electron chi connectivity index (χ3n) is 5.27. The van der Waals surface area contributed by atoms with Gasteiger partial charge in [0.1, 0.15) is 5.69 Å². The molecular formula is C26H25N5O2. The van der Waals surface area contributed by atoms with Crippen molar-refractivity contribution in [3.05, 3.63) is 95.4 Å². The molecule has 0 aliphatic heterocycles. The highest BCUT2D eigenvalue weighted by atomic mass is 16.2. The number of aromatic nitrogens is 3. The van der Waals surface area contributed by atoms with Gasteiger partial charge in [0.2, 0.25) is 5.91 Å². The van der Waals surface area contributed by atoms with E-state index in [4.69, 9.17) is 0 Å². The largest absolute Gasteiger partial charge is 0.343 e. The first kappa shape index (κ1) is 22.0. The summed E-state index contributed by atoms with van der Waals surface area (Å²) in [4.78, 5) is 29.8. The van der Waals surface area contributed by atoms with Crippen LogP contribution in [0.3, 0.4) is 0 Å². The van der Waals surface area contributed by atoms with E-state index in [0.29, 0.717) is 16.8 Å². The van der Waals surface area contributed by atoms with Gasteiger partial charge in [-0.1, -0.05) is 35.9 Å². The van der Waals surface area contributed by atoms with Crippen molar-refractivity contribution in [1.82, 2.24) is 20.1 Å². The molecule has 166 valence electrons. The number of anilines is 1. The molecule has 2 aromatic heterocycles. The van der Waals surface area contributed by atoms with E-state index < -0.39 is 0 Å². The maximum Gasteiger partial charge on any atom is 0.255 e. The number of aryl methyl sites for hydroxylation is 3. The molecule has 2 N–H and O–H groups in total. The minimum absolute atomic E-state index is 0.158. The lowest BCUT2D eigenvalue weighted by Crippen LogP contribution is -2.33. The van der Waals surface area contributed by atoms with E-state index in [2.05, 4.69) is 20.7 Å². The molecule has 2 heterocycles. The molecule has 4 aromatic rings. The van der Waals surface area contributed by atoms with E-state index in [9.17, 15) is 9.59 Å². The average Bonchev–Trinajstić information content (AvgIpc) is 3.27. The number of nitrogens with one attached hydrogen (secondary N) is 2. The number of benzene rings is 2. The van der Waals surface area contributed by atoms with E-state index >= 15 is 0 Å². The van der Waals surface area contributed by atoms with Crippen molar-refractivity contribution in [2.45, 2.75) is 20.8 Å². The summed E-state index contributed by atoms with van der Waals surface area (Å²) in [6, 6.07) is 17.2. The maximum atomic E-state index is 13.1. The number of hydrogen-bond acceptors (Lipinski definition) is 4. The normalized spacial score (nSPS) is 10.6. The number of pyridine rings is 1. The molecule has 2 amide bonds. The van der Waals surface area contributed by atoms with Crippen LogP contribution in [0.25, 0.3) is 16.9 Å². The SMILES string of the molecule is Cc1cc(C)c(NC(=O)CNC(=O)c2cn(-c3ccccc3)nc2-c2cccnc2)c(C)c1. The number of para-hydroxylation sites is 1. The highest BCUT2D eigenvalue weighted by molar-refractivity contribution is 6.03. The Morgan fingerprint density at radius 2 is 1.70 bits per heavy atom. The number of nitrogens with zero attached hydrogens (tertiary/aromatic N) is 3. The second-order valence-corrected chi connectivity index (χ2v) is 7.92. The molecule has 0 fully saturated rings. The Bertz CT molecular complexity index is 1270. The van der Waals surface area contributed by atoms with Crippen LogP contribution in [0.1, 0.15) is 27.0 Å². The van der Waals surface area contributed by atoms with Crippen molar-refractivity contribution in [2.24, 2.45) is 0 Å². The molecule has 0 aliphatic rings. The number of rotatable bonds is 6. The van der Waals surface area contributed by atoms with Gasteiger partial charge in [0.15, 0.2) is 0 Å². The van der Waals surface area contributed by atoms with Crippen LogP contribution in [0, 0.1) is 20.8 Å². The lowest BCUT2D eigenvalue weighted by molar-refractivity contribution is -0.115. The van der Waals surface area contributed by atoms with E-state index in [-0.39, 0.29) is 18.4 Å². The molecule has 0 saturated carbocycles. The topological polar surface area (TPSA) is 88.9 Å². The van der Waals surface area contributed by atoms with Crippen LogP contribution >= 0.6 is 0 Å². The molecule has 0 spiro atoms. The van der Waals surface area contributed by atoms with E-state index in [1.807, 2.05) is 69.3 Å². The zero-order valence-electron chi connectivity index (χ0n) is 18.8.